The van der Waals surface area contributed by atoms with E-state index in [2.05, 4.69) is 16.0 Å². The van der Waals surface area contributed by atoms with Crippen LogP contribution in [0, 0.1) is 29.5 Å². The third-order valence-electron chi connectivity index (χ3n) is 21.0. The Hall–Kier alpha value is -7.42. The van der Waals surface area contributed by atoms with Gasteiger partial charge in [0.15, 0.2) is 0 Å². The van der Waals surface area contributed by atoms with Crippen LogP contribution in [0.5, 0.6) is 0 Å². The van der Waals surface area contributed by atoms with Crippen LogP contribution in [0.15, 0.2) is 18.2 Å². The van der Waals surface area contributed by atoms with Gasteiger partial charge in [0.1, 0.15) is 65.7 Å². The highest BCUT2D eigenvalue weighted by Gasteiger charge is 2.52. The van der Waals surface area contributed by atoms with Crippen LogP contribution in [0.2, 0.25) is 0 Å². The molecule has 1 aromatic rings. The van der Waals surface area contributed by atoms with Gasteiger partial charge in [0.25, 0.3) is 0 Å². The third kappa shape index (κ3) is 17.5. The number of nitrogens with one attached hydrogen (secondary N) is 3. The van der Waals surface area contributed by atoms with E-state index in [9.17, 15) is 56.3 Å². The molecule has 2 aliphatic carbocycles. The summed E-state index contributed by atoms with van der Waals surface area (Å²) >= 11 is 0. The number of aryl methyl sites for hydroxylation is 1. The maximum absolute atomic E-state index is 15.4. The molecule has 3 N–H and O–H groups in total. The molecule has 3 saturated heterocycles. The molecule has 0 aromatic heterocycles. The zero-order chi connectivity index (χ0) is 71.7. The van der Waals surface area contributed by atoms with Crippen LogP contribution in [0.3, 0.4) is 0 Å². The largest absolute Gasteiger partial charge is 0.419 e. The maximum Gasteiger partial charge on any atom is 0.419 e. The Morgan fingerprint density at radius 1 is 0.667 bits per heavy atom. The molecule has 24 nitrogen and oxygen atoms in total. The van der Waals surface area contributed by atoms with Gasteiger partial charge in [-0.1, -0.05) is 86.1 Å². The molecule has 2 saturated carbocycles. The van der Waals surface area contributed by atoms with Gasteiger partial charge in [-0.3, -0.25) is 57.5 Å². The number of benzene rings is 1. The minimum absolute atomic E-state index is 0.00897. The summed E-state index contributed by atoms with van der Waals surface area (Å²) in [6, 6.07) is -8.94. The quantitative estimate of drug-likeness (QED) is 0.263. The van der Waals surface area contributed by atoms with Crippen molar-refractivity contribution in [2.45, 2.75) is 224 Å². The second-order valence-corrected chi connectivity index (χ2v) is 28.2. The number of nitrogens with zero attached hydrogens (tertiary/aromatic N) is 9. The second kappa shape index (κ2) is 32.8. The lowest BCUT2D eigenvalue weighted by molar-refractivity contribution is -0.161. The molecule has 6 rings (SSSR count). The van der Waals surface area contributed by atoms with Gasteiger partial charge in [-0.15, -0.1) is 0 Å². The Kier molecular flexibility index (Phi) is 26.5. The van der Waals surface area contributed by atoms with Crippen molar-refractivity contribution in [3.63, 3.8) is 0 Å². The number of alkyl halides is 3. The van der Waals surface area contributed by atoms with Crippen molar-refractivity contribution < 1.29 is 75.1 Å². The van der Waals surface area contributed by atoms with Crippen molar-refractivity contribution in [3.8, 4) is 0 Å². The highest BCUT2D eigenvalue weighted by molar-refractivity contribution is 6.01. The summed E-state index contributed by atoms with van der Waals surface area (Å²) in [4.78, 5) is 189. The molecule has 11 atom stereocenters. The standard InChI is InChI=1S/C68H104F4N12O12/c1-16-40(5)54-63(93)78(11)42(7)59(89)84-34-30-49(84)62(92)81(14)56(44-23-18-19-24-44)64(94)77(10)38-52(85)73-47(29-27-43-26-28-45(46(69)36-43)68(70,71)72)60(90)83-33-22-25-48(83)58(88)75-67(31-20-21-32-67)66(96)82(15)55(41(6)17-2)65(95)80(13)51(61(91)76(8)9)37-53(86)79(12)50(35-39(3)4)57(87)74-54/h26,28,36,39-42,44,47-51,54-56H,16-25,27,29-35,37-38H2,1-15H3,(H,73,85)(H,74,87)(H,75,88)/t40-,41-,42-,47-,48-,49-,50-,51-,54-,55-,56-/m0/s1. The number of likely N-dealkylation sites (N-methyl/N-ethyl adjacent to an activating group) is 7. The van der Waals surface area contributed by atoms with Gasteiger partial charge in [-0.25, -0.2) is 4.39 Å². The Bertz CT molecular complexity index is 3050. The van der Waals surface area contributed by atoms with Crippen LogP contribution in [0.1, 0.15) is 162 Å². The number of carbonyl (C=O) groups excluding carboxylic acids is 12. The summed E-state index contributed by atoms with van der Waals surface area (Å²) in [7, 11) is 11.3. The van der Waals surface area contributed by atoms with E-state index in [4.69, 9.17) is 0 Å². The number of carbonyl (C=O) groups is 12. The van der Waals surface area contributed by atoms with Crippen LogP contribution in [0.4, 0.5) is 17.6 Å². The Morgan fingerprint density at radius 2 is 1.28 bits per heavy atom. The summed E-state index contributed by atoms with van der Waals surface area (Å²) in [5, 5.41) is 8.58. The highest BCUT2D eigenvalue weighted by Crippen LogP contribution is 2.37. The van der Waals surface area contributed by atoms with Gasteiger partial charge in [-0.2, -0.15) is 13.2 Å². The van der Waals surface area contributed by atoms with Crippen molar-refractivity contribution >= 4 is 70.9 Å². The zero-order valence-corrected chi connectivity index (χ0v) is 58.8. The van der Waals surface area contributed by atoms with E-state index in [0.717, 1.165) is 28.7 Å². The van der Waals surface area contributed by atoms with Crippen LogP contribution < -0.4 is 16.0 Å². The number of hydrogen-bond acceptors (Lipinski definition) is 12. The maximum atomic E-state index is 15.4. The molecule has 3 heterocycles. The van der Waals surface area contributed by atoms with Crippen molar-refractivity contribution in [1.29, 1.82) is 0 Å². The highest BCUT2D eigenvalue weighted by atomic mass is 19.4. The first-order valence-electron chi connectivity index (χ1n) is 34.1. The molecule has 536 valence electrons. The molecule has 0 radical (unpaired) electrons. The van der Waals surface area contributed by atoms with E-state index in [1.165, 1.54) is 97.6 Å². The van der Waals surface area contributed by atoms with Crippen molar-refractivity contribution in [1.82, 2.24) is 60.0 Å². The SMILES string of the molecule is CC[C@H](C)[C@@H]1NC(=O)[C@H](CC(C)C)N(C)C(=O)C[C@@H](C(=O)N(C)C)N(C)C(=O)[C@H]([C@@H](C)CC)N(C)C(=O)C2(CCCC2)NC(=O)[C@@H]2CCCN2C(=O)[C@H](CCc2ccc(C(F)(F)F)c(F)c2)NC(=O)CN(C)C(=O)[C@H](C2CCCC2)N(C)C(=O)[C@@H]2CCN2C(=O)[C@H](C)N(C)C1=O. The fourth-order valence-electron chi connectivity index (χ4n) is 14.3. The fraction of sp³-hybridized carbons (Fsp3) is 0.735. The summed E-state index contributed by atoms with van der Waals surface area (Å²) in [6.07, 6.45) is -0.895. The normalized spacial score (nSPS) is 27.6. The van der Waals surface area contributed by atoms with Crippen LogP contribution in [-0.4, -0.2) is 251 Å². The lowest BCUT2D eigenvalue weighted by atomic mass is 9.90. The predicted molar refractivity (Wildman–Crippen MR) is 348 cm³/mol. The van der Waals surface area contributed by atoms with Crippen molar-refractivity contribution in [3.05, 3.63) is 35.1 Å². The Balaban J connectivity index is 1.43. The second-order valence-electron chi connectivity index (χ2n) is 28.2. The predicted octanol–water partition coefficient (Wildman–Crippen LogP) is 4.20. The molecule has 12 amide bonds. The summed E-state index contributed by atoms with van der Waals surface area (Å²) in [5.41, 5.74) is -3.06. The fourth-order valence-corrected chi connectivity index (χ4v) is 14.3. The Labute approximate surface area is 562 Å². The molecule has 1 aromatic carbocycles. The first kappa shape index (κ1) is 77.6. The monoisotopic (exact) mass is 1360 g/mol. The molecule has 96 heavy (non-hydrogen) atoms. The number of halogens is 4. The number of fused-ring (bicyclic) bond motifs is 2. The lowest BCUT2D eigenvalue weighted by Crippen LogP contribution is -2.65. The summed E-state index contributed by atoms with van der Waals surface area (Å²) < 4.78 is 56.0. The van der Waals surface area contributed by atoms with Crippen LogP contribution in [0.25, 0.3) is 0 Å². The van der Waals surface area contributed by atoms with Gasteiger partial charge in [0, 0.05) is 69.5 Å². The van der Waals surface area contributed by atoms with E-state index < -0.39 is 173 Å². The van der Waals surface area contributed by atoms with E-state index in [1.807, 2.05) is 27.7 Å². The number of rotatable bonds is 11. The van der Waals surface area contributed by atoms with Gasteiger partial charge in [0.05, 0.1) is 18.5 Å². The topological polar surface area (TPSA) is 270 Å². The van der Waals surface area contributed by atoms with Gasteiger partial charge in [-0.05, 0) is 112 Å². The van der Waals surface area contributed by atoms with Crippen LogP contribution in [-0.2, 0) is 70.1 Å². The minimum atomic E-state index is -5.00. The molecule has 1 spiro atoms. The van der Waals surface area contributed by atoms with Crippen molar-refractivity contribution in [2.75, 3.05) is 76.0 Å². The Morgan fingerprint density at radius 3 is 1.83 bits per heavy atom. The number of hydrogen-bond donors (Lipinski definition) is 3. The molecular formula is C68H104F4N12O12. The minimum Gasteiger partial charge on any atom is -0.347 e. The van der Waals surface area contributed by atoms with E-state index in [-0.39, 0.29) is 81.9 Å². The van der Waals surface area contributed by atoms with Gasteiger partial charge >= 0.3 is 6.18 Å². The van der Waals surface area contributed by atoms with E-state index in [1.54, 1.807) is 13.8 Å². The van der Waals surface area contributed by atoms with Gasteiger partial charge < -0.3 is 60.0 Å². The smallest absolute Gasteiger partial charge is 0.347 e. The summed E-state index contributed by atoms with van der Waals surface area (Å²) in [5.74, 6) is -11.3. The lowest BCUT2D eigenvalue weighted by Gasteiger charge is -2.45. The molecule has 3 aliphatic heterocycles. The zero-order valence-electron chi connectivity index (χ0n) is 58.8. The molecular weight excluding hydrogens is 1250 g/mol. The van der Waals surface area contributed by atoms with Crippen LogP contribution >= 0.6 is 0 Å². The molecule has 0 bridgehead atoms. The molecule has 5 aliphatic rings. The molecule has 5 fully saturated rings. The van der Waals surface area contributed by atoms with E-state index >= 15 is 18.8 Å². The van der Waals surface area contributed by atoms with Gasteiger partial charge in [0.2, 0.25) is 70.9 Å². The first-order valence-corrected chi connectivity index (χ1v) is 34.1. The molecule has 0 unspecified atom stereocenters. The average molecular weight is 1360 g/mol. The first-order chi connectivity index (χ1) is 44.9. The van der Waals surface area contributed by atoms with E-state index in [0.29, 0.717) is 50.7 Å². The van der Waals surface area contributed by atoms with Crippen molar-refractivity contribution in [2.24, 2.45) is 23.7 Å². The molecule has 28 heteroatoms. The third-order valence-corrected chi connectivity index (χ3v) is 21.0. The number of amides is 12. The average Bonchev–Trinajstić information content (AvgIpc) is 1.20. The summed E-state index contributed by atoms with van der Waals surface area (Å²) in [6.45, 7) is 11.8.